The molecule has 2 aromatic carbocycles. The minimum atomic E-state index is 0.0412. The molecule has 5 nitrogen and oxygen atoms in total. The van der Waals surface area contributed by atoms with Crippen LogP contribution in [0, 0.1) is 5.92 Å². The molecule has 0 saturated carbocycles. The number of carbonyl (C=O) groups is 1. The highest BCUT2D eigenvalue weighted by Gasteiger charge is 2.18. The minimum Gasteiger partial charge on any atom is -0.355 e. The molecule has 0 radical (unpaired) electrons. The summed E-state index contributed by atoms with van der Waals surface area (Å²) < 4.78 is 0. The number of amides is 1. The van der Waals surface area contributed by atoms with E-state index in [0.29, 0.717) is 25.4 Å². The van der Waals surface area contributed by atoms with Gasteiger partial charge in [-0.1, -0.05) is 62.4 Å². The second-order valence-electron chi connectivity index (χ2n) is 8.22. The highest BCUT2D eigenvalue weighted by Crippen LogP contribution is 2.30. The molecule has 0 aliphatic heterocycles. The van der Waals surface area contributed by atoms with Crippen LogP contribution >= 0.6 is 11.3 Å². The van der Waals surface area contributed by atoms with E-state index in [1.807, 2.05) is 66.0 Å². The Morgan fingerprint density at radius 3 is 2.53 bits per heavy atom. The second kappa shape index (κ2) is 10.4. The van der Waals surface area contributed by atoms with Crippen molar-refractivity contribution in [1.29, 1.82) is 0 Å². The monoisotopic (exact) mass is 444 g/mol. The van der Waals surface area contributed by atoms with Crippen molar-refractivity contribution in [2.24, 2.45) is 5.92 Å². The summed E-state index contributed by atoms with van der Waals surface area (Å²) in [5.41, 5.74) is 2.02. The molecular weight excluding hydrogens is 416 g/mol. The van der Waals surface area contributed by atoms with E-state index in [4.69, 9.17) is 9.97 Å². The van der Waals surface area contributed by atoms with Gasteiger partial charge in [-0.05, 0) is 35.1 Å². The first kappa shape index (κ1) is 22.0. The summed E-state index contributed by atoms with van der Waals surface area (Å²) in [7, 11) is 0. The van der Waals surface area contributed by atoms with Crippen LogP contribution < -0.4 is 10.2 Å². The molecule has 0 bridgehead atoms. The molecule has 2 aromatic heterocycles. The zero-order chi connectivity index (χ0) is 22.3. The van der Waals surface area contributed by atoms with E-state index >= 15 is 0 Å². The summed E-state index contributed by atoms with van der Waals surface area (Å²) in [6.07, 6.45) is 0.409. The molecule has 32 heavy (non-hydrogen) atoms. The molecule has 1 amide bonds. The van der Waals surface area contributed by atoms with E-state index < -0.39 is 0 Å². The molecule has 6 heteroatoms. The fourth-order valence-corrected chi connectivity index (χ4v) is 4.32. The molecule has 0 saturated heterocycles. The number of nitrogens with zero attached hydrogens (tertiary/aromatic N) is 3. The largest absolute Gasteiger partial charge is 0.355 e. The number of hydrogen-bond donors (Lipinski definition) is 1. The van der Waals surface area contributed by atoms with Crippen LogP contribution in [0.1, 0.15) is 25.8 Å². The molecule has 0 aliphatic rings. The van der Waals surface area contributed by atoms with E-state index in [0.717, 1.165) is 39.5 Å². The second-order valence-corrected chi connectivity index (χ2v) is 9.17. The summed E-state index contributed by atoms with van der Waals surface area (Å²) in [6.45, 7) is 6.33. The van der Waals surface area contributed by atoms with Crippen molar-refractivity contribution < 1.29 is 4.79 Å². The fourth-order valence-electron chi connectivity index (χ4n) is 3.66. The molecule has 0 unspecified atom stereocenters. The van der Waals surface area contributed by atoms with Crippen LogP contribution in [0.25, 0.3) is 21.6 Å². The van der Waals surface area contributed by atoms with Gasteiger partial charge in [-0.25, -0.2) is 9.97 Å². The Kier molecular flexibility index (Phi) is 7.12. The summed E-state index contributed by atoms with van der Waals surface area (Å²) in [5.74, 6) is 2.10. The maximum atomic E-state index is 12.6. The Hall–Kier alpha value is -3.25. The van der Waals surface area contributed by atoms with Gasteiger partial charge in [-0.2, -0.15) is 0 Å². The van der Waals surface area contributed by atoms with Gasteiger partial charge < -0.3 is 10.2 Å². The number of hydrogen-bond acceptors (Lipinski definition) is 5. The van der Waals surface area contributed by atoms with Gasteiger partial charge in [0.15, 0.2) is 5.82 Å². The average Bonchev–Trinajstić information content (AvgIpc) is 3.35. The van der Waals surface area contributed by atoms with Crippen LogP contribution in [0.15, 0.2) is 72.1 Å². The number of para-hydroxylation sites is 1. The number of rotatable bonds is 9. The number of benzene rings is 2. The van der Waals surface area contributed by atoms with Gasteiger partial charge >= 0.3 is 0 Å². The van der Waals surface area contributed by atoms with Crippen molar-refractivity contribution >= 4 is 34.0 Å². The first-order valence-electron chi connectivity index (χ1n) is 11.0. The normalized spacial score (nSPS) is 11.1. The third kappa shape index (κ3) is 5.51. The third-order valence-corrected chi connectivity index (χ3v) is 6.02. The first-order valence-corrected chi connectivity index (χ1v) is 11.8. The van der Waals surface area contributed by atoms with E-state index in [2.05, 4.69) is 30.1 Å². The highest BCUT2D eigenvalue weighted by atomic mass is 32.1. The summed E-state index contributed by atoms with van der Waals surface area (Å²) in [5, 5.41) is 6.08. The van der Waals surface area contributed by atoms with Crippen LogP contribution in [-0.4, -0.2) is 29.0 Å². The van der Waals surface area contributed by atoms with Gasteiger partial charge in [-0.3, -0.25) is 4.79 Å². The van der Waals surface area contributed by atoms with Crippen molar-refractivity contribution in [2.75, 3.05) is 18.0 Å². The van der Waals surface area contributed by atoms with Crippen molar-refractivity contribution in [2.45, 2.75) is 26.8 Å². The average molecular weight is 445 g/mol. The fraction of sp³-hybridized carbons (Fsp3) is 0.269. The molecule has 2 heterocycles. The summed E-state index contributed by atoms with van der Waals surface area (Å²) in [6, 6.07) is 22.1. The van der Waals surface area contributed by atoms with E-state index in [1.165, 1.54) is 0 Å². The predicted octanol–water partition coefficient (Wildman–Crippen LogP) is 5.53. The van der Waals surface area contributed by atoms with Crippen molar-refractivity contribution in [3.63, 3.8) is 0 Å². The van der Waals surface area contributed by atoms with Crippen LogP contribution in [0.4, 0.5) is 5.82 Å². The lowest BCUT2D eigenvalue weighted by Crippen LogP contribution is -2.34. The number of nitrogens with one attached hydrogen (secondary N) is 1. The van der Waals surface area contributed by atoms with Crippen LogP contribution in [-0.2, 0) is 11.3 Å². The topological polar surface area (TPSA) is 58.1 Å². The Bertz CT molecular complexity index is 1160. The Labute approximate surface area is 193 Å². The number of carbonyl (C=O) groups excluding carboxylic acids is 1. The third-order valence-electron chi connectivity index (χ3n) is 5.15. The molecule has 0 spiro atoms. The molecule has 164 valence electrons. The van der Waals surface area contributed by atoms with Crippen LogP contribution in [0.5, 0.6) is 0 Å². The number of anilines is 1. The minimum absolute atomic E-state index is 0.0412. The molecule has 1 N–H and O–H groups in total. The van der Waals surface area contributed by atoms with Gasteiger partial charge in [0, 0.05) is 31.4 Å². The smallest absolute Gasteiger partial charge is 0.222 e. The van der Waals surface area contributed by atoms with E-state index in [9.17, 15) is 4.79 Å². The van der Waals surface area contributed by atoms with Crippen molar-refractivity contribution in [3.05, 3.63) is 77.7 Å². The van der Waals surface area contributed by atoms with Gasteiger partial charge in [0.1, 0.15) is 5.82 Å². The van der Waals surface area contributed by atoms with Gasteiger partial charge in [0.05, 0.1) is 10.4 Å². The Morgan fingerprint density at radius 1 is 1.00 bits per heavy atom. The quantitative estimate of drug-likeness (QED) is 0.369. The Balaban J connectivity index is 1.56. The van der Waals surface area contributed by atoms with Gasteiger partial charge in [-0.15, -0.1) is 11.3 Å². The maximum absolute atomic E-state index is 12.6. The molecule has 0 atom stereocenters. The summed E-state index contributed by atoms with van der Waals surface area (Å²) in [4.78, 5) is 25.6. The first-order chi connectivity index (χ1) is 15.6. The number of aromatic nitrogens is 2. The number of fused-ring (bicyclic) bond motifs is 1. The standard InChI is InChI=1S/C26H28N4OS/c1-19(2)18-30(15-14-24(31)27-17-20-9-4-3-5-10-20)26-21-11-6-7-12-22(21)28-25(29-26)23-13-8-16-32-23/h3-13,16,19H,14-15,17-18H2,1-2H3,(H,27,31). The van der Waals surface area contributed by atoms with Crippen LogP contribution in [0.2, 0.25) is 0 Å². The molecule has 4 rings (SSSR count). The molecular formula is C26H28N4OS. The molecule has 0 aliphatic carbocycles. The SMILES string of the molecule is CC(C)CN(CCC(=O)NCc1ccccc1)c1nc(-c2cccs2)nc2ccccc12. The van der Waals surface area contributed by atoms with Gasteiger partial charge in [0.25, 0.3) is 0 Å². The zero-order valence-corrected chi connectivity index (χ0v) is 19.3. The van der Waals surface area contributed by atoms with Crippen LogP contribution in [0.3, 0.4) is 0 Å². The van der Waals surface area contributed by atoms with E-state index in [-0.39, 0.29) is 5.91 Å². The maximum Gasteiger partial charge on any atom is 0.222 e. The van der Waals surface area contributed by atoms with Crippen molar-refractivity contribution in [3.8, 4) is 10.7 Å². The lowest BCUT2D eigenvalue weighted by molar-refractivity contribution is -0.121. The molecule has 0 fully saturated rings. The lowest BCUT2D eigenvalue weighted by Gasteiger charge is -2.27. The van der Waals surface area contributed by atoms with Crippen molar-refractivity contribution in [1.82, 2.24) is 15.3 Å². The highest BCUT2D eigenvalue weighted by molar-refractivity contribution is 7.13. The van der Waals surface area contributed by atoms with E-state index in [1.54, 1.807) is 11.3 Å². The predicted molar refractivity (Wildman–Crippen MR) is 133 cm³/mol. The lowest BCUT2D eigenvalue weighted by atomic mass is 10.1. The molecule has 4 aromatic rings. The summed E-state index contributed by atoms with van der Waals surface area (Å²) >= 11 is 1.63. The van der Waals surface area contributed by atoms with Gasteiger partial charge in [0.2, 0.25) is 5.91 Å². The zero-order valence-electron chi connectivity index (χ0n) is 18.5. The number of thiophene rings is 1. The Morgan fingerprint density at radius 2 is 1.78 bits per heavy atom.